The smallest absolute Gasteiger partial charge is 0.242 e. The highest BCUT2D eigenvalue weighted by Gasteiger charge is 2.14. The zero-order chi connectivity index (χ0) is 15.6. The molecule has 0 aliphatic rings. The first-order valence-electron chi connectivity index (χ1n) is 7.40. The Labute approximate surface area is 126 Å². The van der Waals surface area contributed by atoms with E-state index in [0.29, 0.717) is 6.54 Å². The second kappa shape index (κ2) is 6.20. The van der Waals surface area contributed by atoms with E-state index in [1.165, 1.54) is 0 Å². The summed E-state index contributed by atoms with van der Waals surface area (Å²) in [5.74, 6) is 0.976. The molecule has 4 heteroatoms. The lowest BCUT2D eigenvalue weighted by Gasteiger charge is -2.22. The topological polar surface area (TPSA) is 34.5 Å². The van der Waals surface area contributed by atoms with Gasteiger partial charge in [0.15, 0.2) is 0 Å². The van der Waals surface area contributed by atoms with Gasteiger partial charge in [-0.3, -0.25) is 4.79 Å². The van der Waals surface area contributed by atoms with Crippen LogP contribution in [-0.4, -0.2) is 34.6 Å². The van der Waals surface area contributed by atoms with Crippen LogP contribution in [0.4, 0.5) is 0 Å². The first kappa shape index (κ1) is 15.4. The minimum absolute atomic E-state index is 0.109. The van der Waals surface area contributed by atoms with Crippen LogP contribution in [0.5, 0.6) is 5.75 Å². The van der Waals surface area contributed by atoms with E-state index in [9.17, 15) is 4.79 Å². The minimum atomic E-state index is 0.109. The third-order valence-corrected chi connectivity index (χ3v) is 3.61. The standard InChI is InChI=1S/C17H24N2O2/c1-12(2)18(5)17(20)11-19-10-9-14-15(19)7-6-8-16(14)21-13(3)4/h6-10,12-13H,11H2,1-5H3. The summed E-state index contributed by atoms with van der Waals surface area (Å²) in [4.78, 5) is 14.0. The highest BCUT2D eigenvalue weighted by molar-refractivity contribution is 5.88. The van der Waals surface area contributed by atoms with Gasteiger partial charge >= 0.3 is 0 Å². The number of ether oxygens (including phenoxy) is 1. The van der Waals surface area contributed by atoms with E-state index in [0.717, 1.165) is 16.7 Å². The van der Waals surface area contributed by atoms with Gasteiger partial charge in [0.1, 0.15) is 12.3 Å². The van der Waals surface area contributed by atoms with E-state index in [2.05, 4.69) is 0 Å². The number of likely N-dealkylation sites (N-methyl/N-ethyl adjacent to an activating group) is 1. The summed E-state index contributed by atoms with van der Waals surface area (Å²) >= 11 is 0. The molecule has 2 aromatic rings. The van der Waals surface area contributed by atoms with Crippen molar-refractivity contribution in [3.8, 4) is 5.75 Å². The van der Waals surface area contributed by atoms with Crippen LogP contribution in [0.15, 0.2) is 30.5 Å². The normalized spacial score (nSPS) is 11.4. The Morgan fingerprint density at radius 3 is 2.57 bits per heavy atom. The quantitative estimate of drug-likeness (QED) is 0.846. The molecule has 0 radical (unpaired) electrons. The van der Waals surface area contributed by atoms with Gasteiger partial charge in [0, 0.05) is 24.7 Å². The van der Waals surface area contributed by atoms with Gasteiger partial charge in [0.25, 0.3) is 0 Å². The van der Waals surface area contributed by atoms with Crippen LogP contribution in [0, 0.1) is 0 Å². The zero-order valence-electron chi connectivity index (χ0n) is 13.5. The van der Waals surface area contributed by atoms with Crippen molar-refractivity contribution in [3.05, 3.63) is 30.5 Å². The zero-order valence-corrected chi connectivity index (χ0v) is 13.5. The number of hydrogen-bond donors (Lipinski definition) is 0. The molecule has 0 aliphatic heterocycles. The molecule has 0 saturated carbocycles. The van der Waals surface area contributed by atoms with Gasteiger partial charge in [0.05, 0.1) is 11.6 Å². The Balaban J connectivity index is 2.28. The van der Waals surface area contributed by atoms with Crippen molar-refractivity contribution in [2.75, 3.05) is 7.05 Å². The molecule has 1 amide bonds. The maximum Gasteiger partial charge on any atom is 0.242 e. The van der Waals surface area contributed by atoms with E-state index in [1.54, 1.807) is 4.90 Å². The molecule has 1 aromatic heterocycles. The summed E-state index contributed by atoms with van der Waals surface area (Å²) in [7, 11) is 1.84. The van der Waals surface area contributed by atoms with Crippen molar-refractivity contribution in [1.82, 2.24) is 9.47 Å². The maximum atomic E-state index is 12.2. The molecule has 4 nitrogen and oxygen atoms in total. The molecule has 0 N–H and O–H groups in total. The van der Waals surface area contributed by atoms with E-state index in [1.807, 2.05) is 69.8 Å². The van der Waals surface area contributed by atoms with Gasteiger partial charge in [-0.1, -0.05) is 6.07 Å². The molecule has 1 heterocycles. The first-order chi connectivity index (χ1) is 9.90. The molecule has 1 aromatic carbocycles. The Morgan fingerprint density at radius 2 is 1.95 bits per heavy atom. The largest absolute Gasteiger partial charge is 0.490 e. The van der Waals surface area contributed by atoms with Crippen LogP contribution in [0.2, 0.25) is 0 Å². The third-order valence-electron chi connectivity index (χ3n) is 3.61. The molecule has 0 spiro atoms. The molecule has 0 saturated heterocycles. The van der Waals surface area contributed by atoms with Crippen LogP contribution in [0.1, 0.15) is 27.7 Å². The minimum Gasteiger partial charge on any atom is -0.490 e. The average Bonchev–Trinajstić information content (AvgIpc) is 2.81. The Hall–Kier alpha value is -1.97. The predicted molar refractivity (Wildman–Crippen MR) is 85.6 cm³/mol. The van der Waals surface area contributed by atoms with E-state index >= 15 is 0 Å². The first-order valence-corrected chi connectivity index (χ1v) is 7.40. The molecule has 0 bridgehead atoms. The second-order valence-corrected chi connectivity index (χ2v) is 5.90. The number of benzene rings is 1. The van der Waals surface area contributed by atoms with Gasteiger partial charge in [-0.25, -0.2) is 0 Å². The third kappa shape index (κ3) is 3.38. The lowest BCUT2D eigenvalue weighted by molar-refractivity contribution is -0.131. The molecule has 114 valence electrons. The number of amides is 1. The fraction of sp³-hybridized carbons (Fsp3) is 0.471. The van der Waals surface area contributed by atoms with Gasteiger partial charge in [-0.15, -0.1) is 0 Å². The molecule has 21 heavy (non-hydrogen) atoms. The van der Waals surface area contributed by atoms with Crippen molar-refractivity contribution < 1.29 is 9.53 Å². The number of rotatable bonds is 5. The number of hydrogen-bond acceptors (Lipinski definition) is 2. The van der Waals surface area contributed by atoms with Crippen molar-refractivity contribution >= 4 is 16.8 Å². The number of fused-ring (bicyclic) bond motifs is 1. The highest BCUT2D eigenvalue weighted by atomic mass is 16.5. The van der Waals surface area contributed by atoms with Crippen molar-refractivity contribution in [3.63, 3.8) is 0 Å². The molecule has 0 fully saturated rings. The van der Waals surface area contributed by atoms with E-state index in [4.69, 9.17) is 4.74 Å². The van der Waals surface area contributed by atoms with Crippen LogP contribution < -0.4 is 4.74 Å². The summed E-state index contributed by atoms with van der Waals surface area (Å²) in [6.45, 7) is 8.40. The number of nitrogens with zero attached hydrogens (tertiary/aromatic N) is 2. The SMILES string of the molecule is CC(C)Oc1cccc2c1ccn2CC(=O)N(C)C(C)C. The van der Waals surface area contributed by atoms with E-state index in [-0.39, 0.29) is 18.1 Å². The Morgan fingerprint density at radius 1 is 1.24 bits per heavy atom. The number of carbonyl (C=O) groups is 1. The fourth-order valence-corrected chi connectivity index (χ4v) is 2.24. The fourth-order valence-electron chi connectivity index (χ4n) is 2.24. The molecule has 2 rings (SSSR count). The van der Waals surface area contributed by atoms with Gasteiger partial charge in [-0.2, -0.15) is 0 Å². The van der Waals surface area contributed by atoms with Crippen molar-refractivity contribution in [2.45, 2.75) is 46.4 Å². The van der Waals surface area contributed by atoms with Crippen LogP contribution in [0.3, 0.4) is 0 Å². The Bertz CT molecular complexity index is 629. The molecular weight excluding hydrogens is 264 g/mol. The van der Waals surface area contributed by atoms with Gasteiger partial charge in [0.2, 0.25) is 5.91 Å². The van der Waals surface area contributed by atoms with Crippen LogP contribution in [0.25, 0.3) is 10.9 Å². The molecule has 0 unspecified atom stereocenters. The lowest BCUT2D eigenvalue weighted by Crippen LogP contribution is -2.35. The lowest BCUT2D eigenvalue weighted by atomic mass is 10.2. The van der Waals surface area contributed by atoms with Crippen molar-refractivity contribution in [2.24, 2.45) is 0 Å². The number of carbonyl (C=O) groups excluding carboxylic acids is 1. The summed E-state index contributed by atoms with van der Waals surface area (Å²) in [5, 5.41) is 1.05. The predicted octanol–water partition coefficient (Wildman–Crippen LogP) is 3.30. The van der Waals surface area contributed by atoms with Gasteiger partial charge < -0.3 is 14.2 Å². The summed E-state index contributed by atoms with van der Waals surface area (Å²) < 4.78 is 7.80. The summed E-state index contributed by atoms with van der Waals surface area (Å²) in [6, 6.07) is 8.17. The average molecular weight is 288 g/mol. The van der Waals surface area contributed by atoms with Crippen LogP contribution >= 0.6 is 0 Å². The Kier molecular flexibility index (Phi) is 4.56. The number of aromatic nitrogens is 1. The molecular formula is C17H24N2O2. The molecule has 0 atom stereocenters. The summed E-state index contributed by atoms with van der Waals surface area (Å²) in [6.07, 6.45) is 2.08. The van der Waals surface area contributed by atoms with Crippen molar-refractivity contribution in [1.29, 1.82) is 0 Å². The monoisotopic (exact) mass is 288 g/mol. The van der Waals surface area contributed by atoms with Crippen LogP contribution in [-0.2, 0) is 11.3 Å². The highest BCUT2D eigenvalue weighted by Crippen LogP contribution is 2.27. The van der Waals surface area contributed by atoms with Gasteiger partial charge in [-0.05, 0) is 45.9 Å². The van der Waals surface area contributed by atoms with E-state index < -0.39 is 0 Å². The second-order valence-electron chi connectivity index (χ2n) is 5.90. The maximum absolute atomic E-state index is 12.2. The molecule has 0 aliphatic carbocycles. The summed E-state index contributed by atoms with van der Waals surface area (Å²) in [5.41, 5.74) is 1.03.